The quantitative estimate of drug-likeness (QED) is 0.212. The molecule has 0 saturated carbocycles. The summed E-state index contributed by atoms with van der Waals surface area (Å²) >= 11 is 12.2. The Balaban J connectivity index is 0.00000280. The summed E-state index contributed by atoms with van der Waals surface area (Å²) in [4.78, 5) is 4.28. The van der Waals surface area contributed by atoms with Gasteiger partial charge in [-0.15, -0.1) is 34.2 Å². The monoisotopic (exact) mass is 532 g/mol. The van der Waals surface area contributed by atoms with Gasteiger partial charge in [0.25, 0.3) is 0 Å². The van der Waals surface area contributed by atoms with E-state index in [-0.39, 0.29) is 30.0 Å². The van der Waals surface area contributed by atoms with Crippen molar-refractivity contribution < 1.29 is 0 Å². The zero-order valence-corrected chi connectivity index (χ0v) is 19.5. The van der Waals surface area contributed by atoms with Gasteiger partial charge in [-0.1, -0.05) is 35.3 Å². The van der Waals surface area contributed by atoms with Crippen LogP contribution in [0.4, 0.5) is 0 Å². The largest absolute Gasteiger partial charge is 0.356 e. The smallest absolute Gasteiger partial charge is 0.191 e. The number of rotatable bonds is 6. The van der Waals surface area contributed by atoms with Crippen LogP contribution in [-0.4, -0.2) is 34.2 Å². The lowest BCUT2D eigenvalue weighted by Crippen LogP contribution is -2.39. The van der Waals surface area contributed by atoms with Crippen LogP contribution in [0.3, 0.4) is 0 Å². The summed E-state index contributed by atoms with van der Waals surface area (Å²) in [5, 5.41) is 16.4. The van der Waals surface area contributed by atoms with E-state index in [4.69, 9.17) is 23.2 Å². The van der Waals surface area contributed by atoms with Gasteiger partial charge in [0.05, 0.1) is 6.04 Å². The molecule has 0 aliphatic heterocycles. The Hall–Kier alpha value is -1.58. The van der Waals surface area contributed by atoms with E-state index < -0.39 is 0 Å². The lowest BCUT2D eigenvalue weighted by atomic mass is 10.1. The van der Waals surface area contributed by atoms with E-state index in [1.54, 1.807) is 13.1 Å². The molecule has 0 saturated heterocycles. The van der Waals surface area contributed by atoms with Gasteiger partial charge in [0.2, 0.25) is 0 Å². The maximum Gasteiger partial charge on any atom is 0.191 e. The molecular weight excluding hydrogens is 510 g/mol. The van der Waals surface area contributed by atoms with Gasteiger partial charge in [0.1, 0.15) is 5.82 Å². The molecule has 0 radical (unpaired) electrons. The molecule has 1 aromatic carbocycles. The Labute approximate surface area is 191 Å². The molecule has 0 aliphatic carbocycles. The van der Waals surface area contributed by atoms with E-state index in [0.717, 1.165) is 42.4 Å². The Bertz CT molecular complexity index is 943. The first-order valence-electron chi connectivity index (χ1n) is 8.79. The van der Waals surface area contributed by atoms with E-state index in [1.807, 2.05) is 47.9 Å². The second kappa shape index (κ2) is 10.8. The third kappa shape index (κ3) is 5.71. The maximum absolute atomic E-state index is 6.28. The molecule has 1 atom stereocenters. The zero-order chi connectivity index (χ0) is 19.2. The van der Waals surface area contributed by atoms with Crippen molar-refractivity contribution in [1.29, 1.82) is 0 Å². The van der Waals surface area contributed by atoms with Crippen LogP contribution < -0.4 is 10.6 Å². The number of aliphatic imine (C=N–C) groups is 1. The van der Waals surface area contributed by atoms with E-state index in [2.05, 4.69) is 25.8 Å². The van der Waals surface area contributed by atoms with Crippen LogP contribution >= 0.6 is 47.2 Å². The lowest BCUT2D eigenvalue weighted by molar-refractivity contribution is 0.667. The highest BCUT2D eigenvalue weighted by atomic mass is 127. The highest BCUT2D eigenvalue weighted by Crippen LogP contribution is 2.25. The maximum atomic E-state index is 6.28. The fraction of sp³-hybridized carbons (Fsp3) is 0.316. The minimum atomic E-state index is 0. The fourth-order valence-corrected chi connectivity index (χ4v) is 3.42. The fourth-order valence-electron chi connectivity index (χ4n) is 2.84. The van der Waals surface area contributed by atoms with E-state index in [0.29, 0.717) is 10.0 Å². The molecule has 28 heavy (non-hydrogen) atoms. The summed E-state index contributed by atoms with van der Waals surface area (Å²) in [6, 6.07) is 11.4. The molecule has 0 bridgehead atoms. The number of hydrogen-bond donors (Lipinski definition) is 2. The molecule has 0 amide bonds. The van der Waals surface area contributed by atoms with Gasteiger partial charge in [-0.05, 0) is 43.2 Å². The first kappa shape index (κ1) is 22.7. The van der Waals surface area contributed by atoms with E-state index in [9.17, 15) is 0 Å². The average Bonchev–Trinajstić information content (AvgIpc) is 3.07. The predicted octanol–water partition coefficient (Wildman–Crippen LogP) is 4.51. The van der Waals surface area contributed by atoms with Gasteiger partial charge >= 0.3 is 0 Å². The van der Waals surface area contributed by atoms with Gasteiger partial charge in [-0.3, -0.25) is 9.39 Å². The van der Waals surface area contributed by atoms with Gasteiger partial charge in [0, 0.05) is 36.3 Å². The number of guanidine groups is 1. The first-order chi connectivity index (χ1) is 13.1. The number of pyridine rings is 1. The minimum absolute atomic E-state index is 0. The number of fused-ring (bicyclic) bond motifs is 1. The highest BCUT2D eigenvalue weighted by Gasteiger charge is 2.12. The molecule has 0 aliphatic rings. The Morgan fingerprint density at radius 1 is 1.21 bits per heavy atom. The molecule has 2 heterocycles. The first-order valence-corrected chi connectivity index (χ1v) is 9.55. The number of aryl methyl sites for hydroxylation is 1. The summed E-state index contributed by atoms with van der Waals surface area (Å²) < 4.78 is 2.01. The number of aromatic nitrogens is 3. The standard InChI is InChI=1S/C19H22Cl2N6.HI/c1-13(15-9-8-14(20)12-16(15)21)24-19(22-2)23-10-5-7-18-26-25-17-6-3-4-11-27(17)18;/h3-4,6,8-9,11-13H,5,7,10H2,1-2H3,(H2,22,23,24);1H. The molecule has 2 aromatic heterocycles. The van der Waals surface area contributed by atoms with Crippen molar-refractivity contribution in [2.75, 3.05) is 13.6 Å². The highest BCUT2D eigenvalue weighted by molar-refractivity contribution is 14.0. The van der Waals surface area contributed by atoms with E-state index in [1.165, 1.54) is 0 Å². The molecule has 1 unspecified atom stereocenters. The van der Waals surface area contributed by atoms with Crippen LogP contribution in [0.15, 0.2) is 47.6 Å². The SMILES string of the molecule is CN=C(NCCCc1nnc2ccccn12)NC(C)c1ccc(Cl)cc1Cl.I. The molecular formula is C19H23Cl2IN6. The van der Waals surface area contributed by atoms with Crippen molar-refractivity contribution in [2.24, 2.45) is 4.99 Å². The van der Waals surface area contributed by atoms with Gasteiger partial charge in [-0.25, -0.2) is 0 Å². The van der Waals surface area contributed by atoms with Gasteiger partial charge in [0.15, 0.2) is 11.6 Å². The number of nitrogens with zero attached hydrogens (tertiary/aromatic N) is 4. The summed E-state index contributed by atoms with van der Waals surface area (Å²) in [5.74, 6) is 1.68. The van der Waals surface area contributed by atoms with Crippen LogP contribution in [-0.2, 0) is 6.42 Å². The molecule has 9 heteroatoms. The van der Waals surface area contributed by atoms with Crippen LogP contribution in [0, 0.1) is 0 Å². The second-order valence-corrected chi connectivity index (χ2v) is 7.02. The molecule has 0 spiro atoms. The van der Waals surface area contributed by atoms with Gasteiger partial charge in [-0.2, -0.15) is 0 Å². The molecule has 3 aromatic rings. The molecule has 0 fully saturated rings. The summed E-state index contributed by atoms with van der Waals surface area (Å²) in [6.07, 6.45) is 3.72. The topological polar surface area (TPSA) is 66.6 Å². The Morgan fingerprint density at radius 2 is 2.04 bits per heavy atom. The molecule has 150 valence electrons. The van der Waals surface area contributed by atoms with Crippen molar-refractivity contribution in [3.63, 3.8) is 0 Å². The predicted molar refractivity (Wildman–Crippen MR) is 126 cm³/mol. The third-order valence-electron chi connectivity index (χ3n) is 4.26. The number of nitrogens with one attached hydrogen (secondary N) is 2. The van der Waals surface area contributed by atoms with Gasteiger partial charge < -0.3 is 10.6 Å². The van der Waals surface area contributed by atoms with E-state index >= 15 is 0 Å². The molecule has 3 rings (SSSR count). The van der Waals surface area contributed by atoms with Crippen LogP contribution in [0.25, 0.3) is 5.65 Å². The van der Waals surface area contributed by atoms with Crippen LogP contribution in [0.2, 0.25) is 10.0 Å². The van der Waals surface area contributed by atoms with Crippen molar-refractivity contribution in [1.82, 2.24) is 25.2 Å². The average molecular weight is 533 g/mol. The van der Waals surface area contributed by atoms with Crippen molar-refractivity contribution >= 4 is 58.8 Å². The Morgan fingerprint density at radius 3 is 2.79 bits per heavy atom. The second-order valence-electron chi connectivity index (χ2n) is 6.18. The third-order valence-corrected chi connectivity index (χ3v) is 4.82. The van der Waals surface area contributed by atoms with Crippen molar-refractivity contribution in [3.8, 4) is 0 Å². The van der Waals surface area contributed by atoms with Crippen LogP contribution in [0.1, 0.15) is 30.8 Å². The van der Waals surface area contributed by atoms with Crippen molar-refractivity contribution in [2.45, 2.75) is 25.8 Å². The molecule has 6 nitrogen and oxygen atoms in total. The Kier molecular flexibility index (Phi) is 8.78. The molecule has 2 N–H and O–H groups in total. The normalized spacial score (nSPS) is 12.5. The van der Waals surface area contributed by atoms with Crippen LogP contribution in [0.5, 0.6) is 0 Å². The summed E-state index contributed by atoms with van der Waals surface area (Å²) in [7, 11) is 1.75. The summed E-state index contributed by atoms with van der Waals surface area (Å²) in [6.45, 7) is 2.80. The zero-order valence-electron chi connectivity index (χ0n) is 15.7. The van der Waals surface area contributed by atoms with Crippen molar-refractivity contribution in [3.05, 3.63) is 64.0 Å². The number of hydrogen-bond acceptors (Lipinski definition) is 3. The minimum Gasteiger partial charge on any atom is -0.356 e. The lowest BCUT2D eigenvalue weighted by Gasteiger charge is -2.19. The number of halogens is 3. The number of benzene rings is 1. The summed E-state index contributed by atoms with van der Waals surface area (Å²) in [5.41, 5.74) is 1.84.